The summed E-state index contributed by atoms with van der Waals surface area (Å²) >= 11 is 0. The Balaban J connectivity index is 1.41. The van der Waals surface area contributed by atoms with Crippen LogP contribution < -0.4 is 4.90 Å². The molecule has 0 radical (unpaired) electrons. The minimum Gasteiger partial charge on any atom is -0.464 e. The molecule has 1 aliphatic rings. The van der Waals surface area contributed by atoms with Crippen molar-refractivity contribution in [2.45, 2.75) is 38.5 Å². The van der Waals surface area contributed by atoms with Crippen molar-refractivity contribution in [1.29, 1.82) is 0 Å². The molecule has 0 aliphatic heterocycles. The van der Waals surface area contributed by atoms with Crippen molar-refractivity contribution in [3.05, 3.63) is 191 Å². The molecule has 262 valence electrons. The van der Waals surface area contributed by atoms with Gasteiger partial charge in [0.25, 0.3) is 0 Å². The van der Waals surface area contributed by atoms with Gasteiger partial charge in [-0.2, -0.15) is 0 Å². The predicted octanol–water partition coefficient (Wildman–Crippen LogP) is 13.3. The minimum absolute atomic E-state index is 0.0176. The maximum Gasteiger partial charge on any atom is 0.145 e. The van der Waals surface area contributed by atoms with Gasteiger partial charge in [-0.3, -0.25) is 4.90 Å². The van der Waals surface area contributed by atoms with Gasteiger partial charge in [-0.15, -0.1) is 0 Å². The van der Waals surface area contributed by atoms with E-state index < -0.39 is 5.41 Å². The Kier molecular flexibility index (Phi) is 7.02. The van der Waals surface area contributed by atoms with Crippen LogP contribution in [-0.4, -0.2) is 4.98 Å². The molecular weight excluding hydrogens is 668 g/mol. The maximum absolute atomic E-state index is 15.6. The highest BCUT2D eigenvalue weighted by Crippen LogP contribution is 2.62. The van der Waals surface area contributed by atoms with Crippen molar-refractivity contribution in [2.24, 2.45) is 0 Å². The van der Waals surface area contributed by atoms with E-state index in [1.165, 1.54) is 11.6 Å². The van der Waals surface area contributed by atoms with E-state index in [1.54, 1.807) is 18.4 Å². The van der Waals surface area contributed by atoms with Crippen molar-refractivity contribution in [3.8, 4) is 11.1 Å². The van der Waals surface area contributed by atoms with E-state index in [-0.39, 0.29) is 11.2 Å². The van der Waals surface area contributed by atoms with Crippen molar-refractivity contribution >= 4 is 50.1 Å². The number of hydrogen-bond donors (Lipinski definition) is 0. The number of furan rings is 2. The van der Waals surface area contributed by atoms with Crippen molar-refractivity contribution in [1.82, 2.24) is 4.98 Å². The number of aryl methyl sites for hydroxylation is 1. The molecule has 0 fully saturated rings. The largest absolute Gasteiger partial charge is 0.464 e. The highest BCUT2D eigenvalue weighted by atomic mass is 19.1. The predicted molar refractivity (Wildman–Crippen MR) is 217 cm³/mol. The van der Waals surface area contributed by atoms with E-state index in [1.807, 2.05) is 36.5 Å². The monoisotopic (exact) mass is 704 g/mol. The van der Waals surface area contributed by atoms with E-state index in [2.05, 4.69) is 124 Å². The lowest BCUT2D eigenvalue weighted by molar-refractivity contribution is 0.590. The summed E-state index contributed by atoms with van der Waals surface area (Å²) in [6, 6.07) is 47.2. The summed E-state index contributed by atoms with van der Waals surface area (Å²) < 4.78 is 29.0. The third-order valence-corrected chi connectivity index (χ3v) is 11.1. The van der Waals surface area contributed by atoms with Crippen molar-refractivity contribution in [3.63, 3.8) is 0 Å². The van der Waals surface area contributed by atoms with Crippen LogP contribution in [-0.2, 0) is 10.8 Å². The lowest BCUT2D eigenvalue weighted by atomic mass is 9.67. The molecule has 5 heteroatoms. The van der Waals surface area contributed by atoms with Gasteiger partial charge in [0.1, 0.15) is 28.4 Å². The molecule has 6 aromatic carbocycles. The number of nitrogens with zero attached hydrogens (tertiary/aromatic N) is 2. The SMILES string of the molecule is Cc1ccc(N(c2ccc(C(C)(C)C)cc2)c2cc3c(c4oc5ccccc5c24)-c2c(ccc4ccoc24)C3(c2ccccc2)c2cccc(F)c2)nc1. The van der Waals surface area contributed by atoms with E-state index in [4.69, 9.17) is 13.8 Å². The zero-order valence-corrected chi connectivity index (χ0v) is 30.5. The number of pyridine rings is 1. The van der Waals surface area contributed by atoms with Crippen LogP contribution in [0.4, 0.5) is 21.6 Å². The Morgan fingerprint density at radius 3 is 2.20 bits per heavy atom. The van der Waals surface area contributed by atoms with Crippen LogP contribution in [0.5, 0.6) is 0 Å². The Morgan fingerprint density at radius 2 is 1.44 bits per heavy atom. The van der Waals surface area contributed by atoms with Crippen LogP contribution in [0.2, 0.25) is 0 Å². The number of fused-ring (bicyclic) bond motifs is 9. The summed E-state index contributed by atoms with van der Waals surface area (Å²) in [6.07, 6.45) is 3.65. The second kappa shape index (κ2) is 11.8. The second-order valence-corrected chi connectivity index (χ2v) is 15.4. The number of para-hydroxylation sites is 1. The van der Waals surface area contributed by atoms with Gasteiger partial charge < -0.3 is 8.83 Å². The number of benzene rings is 6. The molecule has 0 bridgehead atoms. The number of anilines is 3. The topological polar surface area (TPSA) is 42.4 Å². The van der Waals surface area contributed by atoms with Crippen molar-refractivity contribution < 1.29 is 13.2 Å². The summed E-state index contributed by atoms with van der Waals surface area (Å²) in [4.78, 5) is 7.28. The Morgan fingerprint density at radius 1 is 0.685 bits per heavy atom. The average Bonchev–Trinajstić information content (AvgIpc) is 3.89. The van der Waals surface area contributed by atoms with Gasteiger partial charge in [0.2, 0.25) is 0 Å². The molecule has 0 amide bonds. The fourth-order valence-corrected chi connectivity index (χ4v) is 8.63. The molecule has 0 spiro atoms. The highest BCUT2D eigenvalue weighted by molar-refractivity contribution is 6.21. The highest BCUT2D eigenvalue weighted by Gasteiger charge is 2.49. The first-order valence-corrected chi connectivity index (χ1v) is 18.4. The number of rotatable bonds is 5. The van der Waals surface area contributed by atoms with Crippen LogP contribution in [0.3, 0.4) is 0 Å². The van der Waals surface area contributed by atoms with E-state index in [9.17, 15) is 0 Å². The van der Waals surface area contributed by atoms with Gasteiger partial charge in [0.05, 0.1) is 22.8 Å². The van der Waals surface area contributed by atoms with E-state index in [0.29, 0.717) is 0 Å². The van der Waals surface area contributed by atoms with E-state index in [0.717, 1.165) is 89.0 Å². The summed E-state index contributed by atoms with van der Waals surface area (Å²) in [5.41, 5.74) is 11.2. The van der Waals surface area contributed by atoms with Gasteiger partial charge in [0.15, 0.2) is 0 Å². The molecule has 0 saturated heterocycles. The maximum atomic E-state index is 15.6. The molecular formula is C49H37FN2O2. The molecule has 10 rings (SSSR count). The van der Waals surface area contributed by atoms with Gasteiger partial charge in [-0.1, -0.05) is 112 Å². The van der Waals surface area contributed by atoms with Crippen molar-refractivity contribution in [2.75, 3.05) is 4.90 Å². The zero-order valence-electron chi connectivity index (χ0n) is 30.5. The molecule has 3 heterocycles. The number of hydrogen-bond acceptors (Lipinski definition) is 4. The molecule has 4 nitrogen and oxygen atoms in total. The number of halogens is 1. The molecule has 54 heavy (non-hydrogen) atoms. The Labute approximate surface area is 313 Å². The molecule has 1 atom stereocenters. The van der Waals surface area contributed by atoms with Crippen LogP contribution in [0.1, 0.15) is 54.2 Å². The first kappa shape index (κ1) is 32.2. The van der Waals surface area contributed by atoms with E-state index >= 15 is 4.39 Å². The fraction of sp³-hybridized carbons (Fsp3) is 0.122. The summed E-state index contributed by atoms with van der Waals surface area (Å²) in [6.45, 7) is 8.74. The average molecular weight is 705 g/mol. The Bertz CT molecular complexity index is 2880. The lowest BCUT2D eigenvalue weighted by Crippen LogP contribution is -2.29. The van der Waals surface area contributed by atoms with Crippen LogP contribution in [0, 0.1) is 12.7 Å². The second-order valence-electron chi connectivity index (χ2n) is 15.4. The lowest BCUT2D eigenvalue weighted by Gasteiger charge is -2.35. The summed E-state index contributed by atoms with van der Waals surface area (Å²) in [5, 5.41) is 2.94. The van der Waals surface area contributed by atoms with Gasteiger partial charge in [-0.25, -0.2) is 9.37 Å². The molecule has 0 saturated carbocycles. The van der Waals surface area contributed by atoms with Gasteiger partial charge in [-0.05, 0) is 94.3 Å². The van der Waals surface area contributed by atoms with Gasteiger partial charge in [0, 0.05) is 33.8 Å². The molecule has 0 N–H and O–H groups in total. The van der Waals surface area contributed by atoms with Gasteiger partial charge >= 0.3 is 0 Å². The van der Waals surface area contributed by atoms with Crippen LogP contribution >= 0.6 is 0 Å². The molecule has 3 aromatic heterocycles. The molecule has 9 aromatic rings. The standard InChI is InChI=1S/C49H37FN2O2/c1-30-17-24-42(51-29-30)52(36-21-19-32(20-22-36)48(2,3)4)40-28-39-45(47-43(40)37-15-8-9-16-41(37)54-47)44-38(23-18-31-25-26-53-46(31)44)49(39,33-11-6-5-7-12-33)34-13-10-14-35(50)27-34/h5-29H,1-4H3. The quantitative estimate of drug-likeness (QED) is 0.179. The fourth-order valence-electron chi connectivity index (χ4n) is 8.63. The molecule has 1 aliphatic carbocycles. The number of aromatic nitrogens is 1. The van der Waals surface area contributed by atoms with Crippen LogP contribution in [0.15, 0.2) is 161 Å². The zero-order chi connectivity index (χ0) is 36.8. The normalized spacial score (nSPS) is 15.2. The summed E-state index contributed by atoms with van der Waals surface area (Å²) in [5.74, 6) is 0.474. The smallest absolute Gasteiger partial charge is 0.145 e. The van der Waals surface area contributed by atoms with Crippen LogP contribution in [0.25, 0.3) is 44.0 Å². The minimum atomic E-state index is -0.931. The molecule has 1 unspecified atom stereocenters. The third kappa shape index (κ3) is 4.64. The third-order valence-electron chi connectivity index (χ3n) is 11.1. The first-order valence-electron chi connectivity index (χ1n) is 18.4. The Hall–Kier alpha value is -6.46. The first-order chi connectivity index (χ1) is 26.2. The summed E-state index contributed by atoms with van der Waals surface area (Å²) in [7, 11) is 0.